The van der Waals surface area contributed by atoms with Crippen LogP contribution in [0.4, 0.5) is 0 Å². The van der Waals surface area contributed by atoms with Gasteiger partial charge in [0.15, 0.2) is 17.5 Å². The van der Waals surface area contributed by atoms with E-state index in [1.54, 1.807) is 14.2 Å². The summed E-state index contributed by atoms with van der Waals surface area (Å²) in [5, 5.41) is 7.03. The van der Waals surface area contributed by atoms with E-state index in [4.69, 9.17) is 19.2 Å². The molecule has 0 spiro atoms. The van der Waals surface area contributed by atoms with E-state index >= 15 is 0 Å². The number of guanidine groups is 1. The van der Waals surface area contributed by atoms with Crippen LogP contribution < -0.4 is 20.1 Å². The van der Waals surface area contributed by atoms with Crippen molar-refractivity contribution in [1.29, 1.82) is 0 Å². The van der Waals surface area contributed by atoms with E-state index in [0.717, 1.165) is 81.5 Å². The van der Waals surface area contributed by atoms with Crippen LogP contribution >= 0.6 is 0 Å². The molecule has 31 heavy (non-hydrogen) atoms. The summed E-state index contributed by atoms with van der Waals surface area (Å²) in [6.07, 6.45) is 7.24. The maximum atomic E-state index is 6.36. The number of ether oxygens (including phenoxy) is 3. The molecule has 0 atom stereocenters. The number of piperidine rings is 1. The van der Waals surface area contributed by atoms with Crippen LogP contribution in [0, 0.1) is 0 Å². The Morgan fingerprint density at radius 1 is 1.13 bits per heavy atom. The third-order valence-corrected chi connectivity index (χ3v) is 6.16. The number of nitrogens with zero attached hydrogens (tertiary/aromatic N) is 2. The minimum Gasteiger partial charge on any atom is -0.493 e. The summed E-state index contributed by atoms with van der Waals surface area (Å²) >= 11 is 0. The summed E-state index contributed by atoms with van der Waals surface area (Å²) in [4.78, 5) is 7.35. The Morgan fingerprint density at radius 3 is 2.58 bits per heavy atom. The van der Waals surface area contributed by atoms with Gasteiger partial charge < -0.3 is 29.7 Å². The van der Waals surface area contributed by atoms with Crippen molar-refractivity contribution in [1.82, 2.24) is 15.5 Å². The van der Waals surface area contributed by atoms with Crippen LogP contribution in [-0.2, 0) is 11.3 Å². The summed E-state index contributed by atoms with van der Waals surface area (Å²) in [5.74, 6) is 2.51. The fourth-order valence-electron chi connectivity index (χ4n) is 4.35. The van der Waals surface area contributed by atoms with Crippen molar-refractivity contribution in [3.8, 4) is 11.5 Å². The summed E-state index contributed by atoms with van der Waals surface area (Å²) in [5.41, 5.74) is 1.07. The van der Waals surface area contributed by atoms with Crippen molar-refractivity contribution in [2.45, 2.75) is 64.1 Å². The van der Waals surface area contributed by atoms with Crippen molar-refractivity contribution in [2.24, 2.45) is 4.99 Å². The molecule has 2 fully saturated rings. The van der Waals surface area contributed by atoms with E-state index in [2.05, 4.69) is 28.5 Å². The molecule has 2 N–H and O–H groups in total. The lowest BCUT2D eigenvalue weighted by molar-refractivity contribution is 0.128. The largest absolute Gasteiger partial charge is 0.493 e. The van der Waals surface area contributed by atoms with Gasteiger partial charge in [-0.15, -0.1) is 0 Å². The highest BCUT2D eigenvalue weighted by molar-refractivity contribution is 5.80. The Bertz CT molecular complexity index is 683. The number of para-hydroxylation sites is 1. The Labute approximate surface area is 187 Å². The quantitative estimate of drug-likeness (QED) is 0.437. The number of methoxy groups -OCH3 is 2. The average molecular weight is 433 g/mol. The van der Waals surface area contributed by atoms with Gasteiger partial charge in [-0.25, -0.2) is 4.99 Å². The zero-order valence-corrected chi connectivity index (χ0v) is 19.5. The molecule has 0 bridgehead atoms. The van der Waals surface area contributed by atoms with Crippen LogP contribution in [-0.4, -0.2) is 70.0 Å². The maximum absolute atomic E-state index is 6.36. The first-order chi connectivity index (χ1) is 15.2. The summed E-state index contributed by atoms with van der Waals surface area (Å²) < 4.78 is 17.2. The second-order valence-corrected chi connectivity index (χ2v) is 8.42. The molecule has 1 aromatic carbocycles. The summed E-state index contributed by atoms with van der Waals surface area (Å²) in [6.45, 7) is 7.49. The molecule has 0 amide bonds. The molecular formula is C24H40N4O3. The molecule has 174 valence electrons. The normalized spacial score (nSPS) is 18.9. The van der Waals surface area contributed by atoms with Crippen molar-refractivity contribution in [2.75, 3.05) is 47.0 Å². The maximum Gasteiger partial charge on any atom is 0.191 e. The number of rotatable bonds is 10. The Morgan fingerprint density at radius 2 is 1.90 bits per heavy atom. The number of benzene rings is 1. The minimum absolute atomic E-state index is 0.286. The van der Waals surface area contributed by atoms with E-state index in [0.29, 0.717) is 12.6 Å². The Kier molecular flexibility index (Phi) is 9.75. The van der Waals surface area contributed by atoms with Gasteiger partial charge in [-0.05, 0) is 51.5 Å². The number of likely N-dealkylation sites (tertiary alicyclic amines) is 1. The third-order valence-electron chi connectivity index (χ3n) is 6.16. The van der Waals surface area contributed by atoms with Crippen LogP contribution in [0.1, 0.15) is 51.0 Å². The molecule has 1 saturated carbocycles. The lowest BCUT2D eigenvalue weighted by Crippen LogP contribution is -2.49. The first-order valence-electron chi connectivity index (χ1n) is 11.8. The molecule has 1 aliphatic carbocycles. The van der Waals surface area contributed by atoms with Crippen molar-refractivity contribution in [3.63, 3.8) is 0 Å². The molecule has 1 aliphatic heterocycles. The predicted molar refractivity (Wildman–Crippen MR) is 125 cm³/mol. The summed E-state index contributed by atoms with van der Waals surface area (Å²) in [7, 11) is 3.47. The molecule has 3 rings (SSSR count). The monoisotopic (exact) mass is 432 g/mol. The fraction of sp³-hybridized carbons (Fsp3) is 0.708. The topological polar surface area (TPSA) is 67.4 Å². The van der Waals surface area contributed by atoms with Gasteiger partial charge in [-0.2, -0.15) is 0 Å². The molecule has 1 heterocycles. The van der Waals surface area contributed by atoms with E-state index in [1.807, 2.05) is 12.1 Å². The minimum atomic E-state index is 0.286. The predicted octanol–water partition coefficient (Wildman–Crippen LogP) is 3.18. The van der Waals surface area contributed by atoms with E-state index < -0.39 is 0 Å². The van der Waals surface area contributed by atoms with Gasteiger partial charge in [-0.1, -0.05) is 12.1 Å². The number of aliphatic imine (C=N–C) groups is 1. The highest BCUT2D eigenvalue weighted by Crippen LogP contribution is 2.35. The van der Waals surface area contributed by atoms with Crippen LogP contribution in [0.15, 0.2) is 23.2 Å². The zero-order chi connectivity index (χ0) is 21.9. The SMILES string of the molecule is CCNC(=NCc1cccc(OC)c1OC1CCCC1)NC1CCN(CCOC)CC1. The molecule has 7 heteroatoms. The Balaban J connectivity index is 1.62. The molecule has 1 saturated heterocycles. The van der Waals surface area contributed by atoms with Gasteiger partial charge in [0.25, 0.3) is 0 Å². The van der Waals surface area contributed by atoms with E-state index in [-0.39, 0.29) is 6.10 Å². The molecule has 0 aromatic heterocycles. The van der Waals surface area contributed by atoms with Gasteiger partial charge in [0.2, 0.25) is 0 Å². The van der Waals surface area contributed by atoms with E-state index in [9.17, 15) is 0 Å². The second kappa shape index (κ2) is 12.8. The average Bonchev–Trinajstić information content (AvgIpc) is 3.31. The van der Waals surface area contributed by atoms with Gasteiger partial charge in [-0.3, -0.25) is 0 Å². The Hall–Kier alpha value is -1.99. The van der Waals surface area contributed by atoms with Gasteiger partial charge in [0.1, 0.15) is 0 Å². The molecule has 1 aromatic rings. The van der Waals surface area contributed by atoms with Crippen LogP contribution in [0.2, 0.25) is 0 Å². The highest BCUT2D eigenvalue weighted by Gasteiger charge is 2.22. The van der Waals surface area contributed by atoms with Gasteiger partial charge in [0.05, 0.1) is 26.4 Å². The lowest BCUT2D eigenvalue weighted by Gasteiger charge is -2.32. The smallest absolute Gasteiger partial charge is 0.191 e. The first-order valence-corrected chi connectivity index (χ1v) is 11.8. The number of hydrogen-bond donors (Lipinski definition) is 2. The van der Waals surface area contributed by atoms with Crippen molar-refractivity contribution >= 4 is 5.96 Å². The van der Waals surface area contributed by atoms with Crippen LogP contribution in [0.5, 0.6) is 11.5 Å². The van der Waals surface area contributed by atoms with Crippen molar-refractivity contribution in [3.05, 3.63) is 23.8 Å². The molecule has 2 aliphatic rings. The highest BCUT2D eigenvalue weighted by atomic mass is 16.5. The number of nitrogens with one attached hydrogen (secondary N) is 2. The molecular weight excluding hydrogens is 392 g/mol. The first kappa shape index (κ1) is 23.7. The van der Waals surface area contributed by atoms with E-state index in [1.165, 1.54) is 12.8 Å². The van der Waals surface area contributed by atoms with Gasteiger partial charge in [0, 0.05) is 44.9 Å². The zero-order valence-electron chi connectivity index (χ0n) is 19.5. The third kappa shape index (κ3) is 7.28. The standard InChI is InChI=1S/C24H40N4O3/c1-4-25-24(27-20-12-14-28(15-13-20)16-17-29-2)26-18-19-8-7-11-22(30-3)23(19)31-21-9-5-6-10-21/h7-8,11,20-21H,4-6,9-10,12-18H2,1-3H3,(H2,25,26,27). The molecule has 0 unspecified atom stereocenters. The fourth-order valence-corrected chi connectivity index (χ4v) is 4.35. The van der Waals surface area contributed by atoms with Crippen LogP contribution in [0.3, 0.4) is 0 Å². The molecule has 0 radical (unpaired) electrons. The second-order valence-electron chi connectivity index (χ2n) is 8.42. The van der Waals surface area contributed by atoms with Crippen molar-refractivity contribution < 1.29 is 14.2 Å². The summed E-state index contributed by atoms with van der Waals surface area (Å²) in [6, 6.07) is 6.52. The lowest BCUT2D eigenvalue weighted by atomic mass is 10.1. The van der Waals surface area contributed by atoms with Crippen LogP contribution in [0.25, 0.3) is 0 Å². The van der Waals surface area contributed by atoms with Gasteiger partial charge >= 0.3 is 0 Å². The number of hydrogen-bond acceptors (Lipinski definition) is 5. The molecule has 7 nitrogen and oxygen atoms in total.